The van der Waals surface area contributed by atoms with E-state index in [9.17, 15) is 0 Å². The van der Waals surface area contributed by atoms with E-state index in [0.29, 0.717) is 23.3 Å². The highest BCUT2D eigenvalue weighted by atomic mass is 16.5. The summed E-state index contributed by atoms with van der Waals surface area (Å²) in [6.45, 7) is 5.98. The fraction of sp³-hybridized carbons (Fsp3) is 0.538. The molecule has 8 heteroatoms. The lowest BCUT2D eigenvalue weighted by atomic mass is 10.2. The van der Waals surface area contributed by atoms with Crippen molar-refractivity contribution < 1.29 is 9.26 Å². The first-order valence-electron chi connectivity index (χ1n) is 6.92. The second-order valence-corrected chi connectivity index (χ2v) is 4.86. The number of hydrogen-bond donors (Lipinski definition) is 1. The first-order chi connectivity index (χ1) is 10.3. The molecule has 8 nitrogen and oxygen atoms in total. The molecule has 0 aromatic carbocycles. The van der Waals surface area contributed by atoms with E-state index in [-0.39, 0.29) is 6.04 Å². The summed E-state index contributed by atoms with van der Waals surface area (Å²) >= 11 is 0. The van der Waals surface area contributed by atoms with Crippen LogP contribution in [0.4, 0.5) is 0 Å². The summed E-state index contributed by atoms with van der Waals surface area (Å²) in [4.78, 5) is 14.9. The standard InChI is InChI=1S/C13H18N6O2/c1-9(19-5-3-14-4-6-19)13-17-12(18-21-13)10-7-11(20-2)16-8-15-10/h7-9,14H,3-6H2,1-2H3. The fourth-order valence-corrected chi connectivity index (χ4v) is 2.31. The molecule has 0 amide bonds. The maximum atomic E-state index is 5.38. The van der Waals surface area contributed by atoms with Crippen molar-refractivity contribution in [2.24, 2.45) is 0 Å². The van der Waals surface area contributed by atoms with Gasteiger partial charge < -0.3 is 14.6 Å². The SMILES string of the molecule is COc1cc(-c2noc(C(C)N3CCNCC3)n2)ncn1. The normalized spacial score (nSPS) is 17.6. The van der Waals surface area contributed by atoms with E-state index in [1.807, 2.05) is 0 Å². The lowest BCUT2D eigenvalue weighted by Gasteiger charge is -2.30. The zero-order valence-corrected chi connectivity index (χ0v) is 12.1. The van der Waals surface area contributed by atoms with Crippen LogP contribution in [0.3, 0.4) is 0 Å². The van der Waals surface area contributed by atoms with E-state index < -0.39 is 0 Å². The number of methoxy groups -OCH3 is 1. The zero-order valence-electron chi connectivity index (χ0n) is 12.1. The molecule has 1 saturated heterocycles. The molecule has 2 aromatic rings. The number of nitrogens with zero attached hydrogens (tertiary/aromatic N) is 5. The third-order valence-electron chi connectivity index (χ3n) is 3.58. The highest BCUT2D eigenvalue weighted by Crippen LogP contribution is 2.22. The molecule has 1 aliphatic rings. The highest BCUT2D eigenvalue weighted by Gasteiger charge is 2.23. The Morgan fingerprint density at radius 3 is 2.90 bits per heavy atom. The van der Waals surface area contributed by atoms with Gasteiger partial charge in [-0.1, -0.05) is 5.16 Å². The largest absolute Gasteiger partial charge is 0.481 e. The summed E-state index contributed by atoms with van der Waals surface area (Å²) in [5, 5.41) is 7.33. The Morgan fingerprint density at radius 2 is 2.14 bits per heavy atom. The van der Waals surface area contributed by atoms with Crippen molar-refractivity contribution in [2.75, 3.05) is 33.3 Å². The number of piperazine rings is 1. The van der Waals surface area contributed by atoms with Gasteiger partial charge in [-0.2, -0.15) is 4.98 Å². The lowest BCUT2D eigenvalue weighted by molar-refractivity contribution is 0.154. The maximum Gasteiger partial charge on any atom is 0.244 e. The van der Waals surface area contributed by atoms with Gasteiger partial charge in [0.15, 0.2) is 0 Å². The van der Waals surface area contributed by atoms with Gasteiger partial charge >= 0.3 is 0 Å². The third kappa shape index (κ3) is 3.01. The minimum absolute atomic E-state index is 0.0945. The molecule has 1 unspecified atom stereocenters. The van der Waals surface area contributed by atoms with E-state index >= 15 is 0 Å². The number of hydrogen-bond acceptors (Lipinski definition) is 8. The van der Waals surface area contributed by atoms with Crippen molar-refractivity contribution in [1.29, 1.82) is 0 Å². The second-order valence-electron chi connectivity index (χ2n) is 4.86. The summed E-state index contributed by atoms with van der Waals surface area (Å²) in [7, 11) is 1.56. The van der Waals surface area contributed by atoms with Crippen molar-refractivity contribution in [2.45, 2.75) is 13.0 Å². The van der Waals surface area contributed by atoms with Gasteiger partial charge in [0.1, 0.15) is 12.0 Å². The molecular formula is C13H18N6O2. The van der Waals surface area contributed by atoms with E-state index in [1.54, 1.807) is 13.2 Å². The van der Waals surface area contributed by atoms with Crippen LogP contribution >= 0.6 is 0 Å². The summed E-state index contributed by atoms with van der Waals surface area (Å²) < 4.78 is 10.5. The molecule has 0 spiro atoms. The van der Waals surface area contributed by atoms with Crippen molar-refractivity contribution >= 4 is 0 Å². The second kappa shape index (κ2) is 6.15. The Hall–Kier alpha value is -2.06. The molecule has 1 atom stereocenters. The predicted molar refractivity (Wildman–Crippen MR) is 74.7 cm³/mol. The van der Waals surface area contributed by atoms with Crippen LogP contribution in [0.25, 0.3) is 11.5 Å². The van der Waals surface area contributed by atoms with Gasteiger partial charge in [0.05, 0.1) is 13.2 Å². The average molecular weight is 290 g/mol. The first kappa shape index (κ1) is 13.9. The van der Waals surface area contributed by atoms with Gasteiger partial charge in [-0.15, -0.1) is 0 Å². The minimum atomic E-state index is 0.0945. The maximum absolute atomic E-state index is 5.38. The monoisotopic (exact) mass is 290 g/mol. The van der Waals surface area contributed by atoms with Gasteiger partial charge in [0.25, 0.3) is 0 Å². The number of rotatable bonds is 4. The van der Waals surface area contributed by atoms with E-state index in [2.05, 4.69) is 37.2 Å². The molecule has 21 heavy (non-hydrogen) atoms. The molecule has 1 aliphatic heterocycles. The Balaban J connectivity index is 1.78. The Morgan fingerprint density at radius 1 is 1.33 bits per heavy atom. The lowest BCUT2D eigenvalue weighted by Crippen LogP contribution is -2.44. The Kier molecular flexibility index (Phi) is 4.07. The van der Waals surface area contributed by atoms with Crippen LogP contribution in [0, 0.1) is 0 Å². The minimum Gasteiger partial charge on any atom is -0.481 e. The molecule has 2 aromatic heterocycles. The van der Waals surface area contributed by atoms with Crippen molar-refractivity contribution in [3.05, 3.63) is 18.3 Å². The smallest absolute Gasteiger partial charge is 0.244 e. The molecule has 0 saturated carbocycles. The molecule has 1 N–H and O–H groups in total. The summed E-state index contributed by atoms with van der Waals surface area (Å²) in [6, 6.07) is 1.78. The van der Waals surface area contributed by atoms with Crippen LogP contribution in [-0.4, -0.2) is 58.3 Å². The quantitative estimate of drug-likeness (QED) is 0.871. The topological polar surface area (TPSA) is 89.2 Å². The van der Waals surface area contributed by atoms with Gasteiger partial charge in [0, 0.05) is 32.2 Å². The van der Waals surface area contributed by atoms with Crippen LogP contribution in [0.5, 0.6) is 5.88 Å². The van der Waals surface area contributed by atoms with Gasteiger partial charge in [-0.25, -0.2) is 9.97 Å². The molecule has 1 fully saturated rings. The zero-order chi connectivity index (χ0) is 14.7. The van der Waals surface area contributed by atoms with E-state index in [1.165, 1.54) is 6.33 Å². The average Bonchev–Trinajstić information content (AvgIpc) is 3.05. The van der Waals surface area contributed by atoms with Crippen molar-refractivity contribution in [3.63, 3.8) is 0 Å². The number of ether oxygens (including phenoxy) is 1. The van der Waals surface area contributed by atoms with Gasteiger partial charge in [-0.05, 0) is 6.92 Å². The molecule has 0 bridgehead atoms. The molecule has 112 valence electrons. The molecule has 3 heterocycles. The molecule has 0 radical (unpaired) electrons. The van der Waals surface area contributed by atoms with E-state index in [0.717, 1.165) is 26.2 Å². The highest BCUT2D eigenvalue weighted by molar-refractivity contribution is 5.49. The van der Waals surface area contributed by atoms with Crippen LogP contribution in [-0.2, 0) is 0 Å². The van der Waals surface area contributed by atoms with Crippen molar-refractivity contribution in [1.82, 2.24) is 30.3 Å². The third-order valence-corrected chi connectivity index (χ3v) is 3.58. The van der Waals surface area contributed by atoms with Crippen LogP contribution in [0.1, 0.15) is 18.9 Å². The van der Waals surface area contributed by atoms with E-state index in [4.69, 9.17) is 9.26 Å². The van der Waals surface area contributed by atoms with Crippen LogP contribution in [0.2, 0.25) is 0 Å². The molecular weight excluding hydrogens is 272 g/mol. The number of nitrogens with one attached hydrogen (secondary N) is 1. The summed E-state index contributed by atoms with van der Waals surface area (Å²) in [5.41, 5.74) is 0.587. The predicted octanol–water partition coefficient (Wildman–Crippen LogP) is 0.501. The number of aromatic nitrogens is 4. The van der Waals surface area contributed by atoms with Gasteiger partial charge in [-0.3, -0.25) is 4.90 Å². The van der Waals surface area contributed by atoms with Crippen LogP contribution in [0.15, 0.2) is 16.9 Å². The first-order valence-corrected chi connectivity index (χ1v) is 6.92. The fourth-order valence-electron chi connectivity index (χ4n) is 2.31. The summed E-state index contributed by atoms with van der Waals surface area (Å²) in [6.07, 6.45) is 1.42. The molecule has 0 aliphatic carbocycles. The van der Waals surface area contributed by atoms with Crippen LogP contribution < -0.4 is 10.1 Å². The Labute approximate surface area is 122 Å². The summed E-state index contributed by atoms with van der Waals surface area (Å²) in [5.74, 6) is 1.53. The molecule has 3 rings (SSSR count). The van der Waals surface area contributed by atoms with Gasteiger partial charge in [0.2, 0.25) is 17.6 Å². The van der Waals surface area contributed by atoms with Crippen molar-refractivity contribution in [3.8, 4) is 17.4 Å². The Bertz CT molecular complexity index is 596.